The van der Waals surface area contributed by atoms with E-state index in [1.807, 2.05) is 6.08 Å². The summed E-state index contributed by atoms with van der Waals surface area (Å²) >= 11 is 0. The van der Waals surface area contributed by atoms with E-state index in [4.69, 9.17) is 14.2 Å². The summed E-state index contributed by atoms with van der Waals surface area (Å²) in [6, 6.07) is -0.811. The van der Waals surface area contributed by atoms with Gasteiger partial charge < -0.3 is 45.1 Å². The highest BCUT2D eigenvalue weighted by Gasteiger charge is 2.44. The zero-order valence-electron chi connectivity index (χ0n) is 56.0. The molecule has 1 aliphatic rings. The zero-order valence-corrected chi connectivity index (χ0v) is 56.0. The summed E-state index contributed by atoms with van der Waals surface area (Å²) in [5.41, 5.74) is 0. The van der Waals surface area contributed by atoms with E-state index in [0.29, 0.717) is 19.4 Å². The van der Waals surface area contributed by atoms with Crippen molar-refractivity contribution in [2.24, 2.45) is 0 Å². The third-order valence-corrected chi connectivity index (χ3v) is 17.4. The lowest BCUT2D eigenvalue weighted by Gasteiger charge is -2.40. The maximum atomic E-state index is 13.1. The van der Waals surface area contributed by atoms with Gasteiger partial charge >= 0.3 is 5.97 Å². The average Bonchev–Trinajstić information content (AvgIpc) is 2.68. The van der Waals surface area contributed by atoms with Crippen LogP contribution in [0.25, 0.3) is 0 Å². The SMILES string of the molecule is CCCCC/C=C\CCCCCCCC(=O)OCCCCCCCCCCC/C=C\C/C=C\CCCCCCCCCCCCCCCCCC(=O)NC(COC1OC(CO)C(O)C(O)C1O)C(O)/C=C/CCCCCCCCCCCCCCC. The van der Waals surface area contributed by atoms with Crippen LogP contribution in [-0.4, -0.2) is 100 Å². The topological polar surface area (TPSA) is 175 Å². The summed E-state index contributed by atoms with van der Waals surface area (Å²) < 4.78 is 16.8. The molecule has 0 aromatic heterocycles. The fourth-order valence-corrected chi connectivity index (χ4v) is 11.6. The molecule has 7 atom stereocenters. The van der Waals surface area contributed by atoms with Crippen LogP contribution in [0.2, 0.25) is 0 Å². The van der Waals surface area contributed by atoms with Crippen molar-refractivity contribution >= 4 is 11.9 Å². The normalized spacial score (nSPS) is 18.2. The fraction of sp³-hybridized carbons (Fsp3) is 0.867. The maximum Gasteiger partial charge on any atom is 0.305 e. The first kappa shape index (κ1) is 81.6. The van der Waals surface area contributed by atoms with Crippen molar-refractivity contribution in [2.75, 3.05) is 19.8 Å². The molecule has 0 radical (unpaired) electrons. The van der Waals surface area contributed by atoms with Crippen LogP contribution in [0.4, 0.5) is 0 Å². The molecule has 11 nitrogen and oxygen atoms in total. The highest BCUT2D eigenvalue weighted by Crippen LogP contribution is 2.23. The lowest BCUT2D eigenvalue weighted by molar-refractivity contribution is -0.302. The molecular weight excluding hydrogens is 1070 g/mol. The molecule has 0 aromatic carbocycles. The summed E-state index contributed by atoms with van der Waals surface area (Å²) in [5, 5.41) is 54.6. The standard InChI is InChI=1S/C75H139NO10/c1-3-5-7-9-11-13-15-17-35-38-41-45-49-53-57-61-68(78)67(66-85-75-74(83)73(82)72(81)69(65-77)86-75)76-70(79)62-58-54-50-46-42-39-36-33-31-29-27-25-23-21-19-18-20-22-24-26-28-30-32-34-37-40-44-48-52-56-60-64-84-71(80)63-59-55-51-47-43-16-14-12-10-8-6-4-2/h12,14,20,22,26,28,57,61,67-69,72-75,77-78,81-83H,3-11,13,15-19,21,23-25,27,29-56,58-60,62-66H2,1-2H3,(H,76,79)/b14-12-,22-20-,28-26-,61-57+. The van der Waals surface area contributed by atoms with Crippen molar-refractivity contribution in [1.29, 1.82) is 0 Å². The Morgan fingerprint density at radius 2 is 0.779 bits per heavy atom. The highest BCUT2D eigenvalue weighted by molar-refractivity contribution is 5.76. The minimum atomic E-state index is -1.57. The van der Waals surface area contributed by atoms with E-state index in [1.165, 1.54) is 263 Å². The van der Waals surface area contributed by atoms with Crippen molar-refractivity contribution in [3.63, 3.8) is 0 Å². The molecule has 6 N–H and O–H groups in total. The van der Waals surface area contributed by atoms with Crippen molar-refractivity contribution < 1.29 is 49.3 Å². The Hall–Kier alpha value is -2.38. The van der Waals surface area contributed by atoms with Crippen molar-refractivity contribution in [1.82, 2.24) is 5.32 Å². The van der Waals surface area contributed by atoms with E-state index in [2.05, 4.69) is 55.6 Å². The van der Waals surface area contributed by atoms with E-state index < -0.39 is 49.5 Å². The van der Waals surface area contributed by atoms with Crippen molar-refractivity contribution in [3.8, 4) is 0 Å². The molecule has 1 fully saturated rings. The van der Waals surface area contributed by atoms with Gasteiger partial charge in [-0.1, -0.05) is 300 Å². The van der Waals surface area contributed by atoms with Gasteiger partial charge in [-0.2, -0.15) is 0 Å². The first-order chi connectivity index (χ1) is 42.2. The largest absolute Gasteiger partial charge is 0.466 e. The van der Waals surface area contributed by atoms with Crippen LogP contribution < -0.4 is 5.32 Å². The molecule has 0 saturated carbocycles. The summed E-state index contributed by atoms with van der Waals surface area (Å²) in [7, 11) is 0. The number of amides is 1. The van der Waals surface area contributed by atoms with Gasteiger partial charge in [-0.05, 0) is 89.9 Å². The first-order valence-corrected chi connectivity index (χ1v) is 36.9. The van der Waals surface area contributed by atoms with Crippen LogP contribution in [0.3, 0.4) is 0 Å². The van der Waals surface area contributed by atoms with Gasteiger partial charge in [0.05, 0.1) is 32.0 Å². The number of aliphatic hydroxyl groups is 5. The molecule has 1 saturated heterocycles. The summed E-state index contributed by atoms with van der Waals surface area (Å²) in [6.45, 7) is 4.35. The number of rotatable bonds is 65. The van der Waals surface area contributed by atoms with Gasteiger partial charge in [-0.15, -0.1) is 0 Å². The molecule has 1 heterocycles. The van der Waals surface area contributed by atoms with Gasteiger partial charge in [-0.25, -0.2) is 0 Å². The zero-order chi connectivity index (χ0) is 62.3. The number of allylic oxidation sites excluding steroid dienone is 7. The predicted molar refractivity (Wildman–Crippen MR) is 361 cm³/mol. The van der Waals surface area contributed by atoms with E-state index in [9.17, 15) is 35.1 Å². The van der Waals surface area contributed by atoms with Crippen LogP contribution in [0, 0.1) is 0 Å². The number of ether oxygens (including phenoxy) is 3. The summed E-state index contributed by atoms with van der Waals surface area (Å²) in [5.74, 6) is -0.183. The Morgan fingerprint density at radius 1 is 0.430 bits per heavy atom. The van der Waals surface area contributed by atoms with Gasteiger partial charge in [0, 0.05) is 12.8 Å². The van der Waals surface area contributed by atoms with E-state index >= 15 is 0 Å². The second kappa shape index (κ2) is 64.2. The van der Waals surface area contributed by atoms with Gasteiger partial charge in [-0.3, -0.25) is 9.59 Å². The van der Waals surface area contributed by atoms with E-state index in [-0.39, 0.29) is 18.5 Å². The van der Waals surface area contributed by atoms with E-state index in [1.54, 1.807) is 6.08 Å². The molecule has 0 spiro atoms. The maximum absolute atomic E-state index is 13.1. The fourth-order valence-electron chi connectivity index (χ4n) is 11.6. The van der Waals surface area contributed by atoms with Gasteiger partial charge in [0.2, 0.25) is 5.91 Å². The third-order valence-electron chi connectivity index (χ3n) is 17.4. The molecule has 1 rings (SSSR count). The third kappa shape index (κ3) is 52.4. The molecule has 1 aliphatic heterocycles. The van der Waals surface area contributed by atoms with Crippen LogP contribution in [0.5, 0.6) is 0 Å². The smallest absolute Gasteiger partial charge is 0.305 e. The van der Waals surface area contributed by atoms with Gasteiger partial charge in [0.25, 0.3) is 0 Å². The number of esters is 1. The Labute approximate surface area is 529 Å². The summed E-state index contributed by atoms with van der Waals surface area (Å²) in [6.07, 6.45) is 73.8. The molecule has 0 bridgehead atoms. The second-order valence-corrected chi connectivity index (χ2v) is 25.6. The number of aliphatic hydroxyl groups excluding tert-OH is 5. The number of hydrogen-bond donors (Lipinski definition) is 6. The Bertz CT molecular complexity index is 1570. The minimum absolute atomic E-state index is 0.00477. The number of carbonyl (C=O) groups is 2. The molecular formula is C75H139NO10. The molecule has 504 valence electrons. The predicted octanol–water partition coefficient (Wildman–Crippen LogP) is 19.1. The molecule has 86 heavy (non-hydrogen) atoms. The molecule has 1 amide bonds. The highest BCUT2D eigenvalue weighted by atomic mass is 16.7. The average molecular weight is 1210 g/mol. The van der Waals surface area contributed by atoms with Crippen molar-refractivity contribution in [2.45, 2.75) is 397 Å². The van der Waals surface area contributed by atoms with Crippen molar-refractivity contribution in [3.05, 3.63) is 48.6 Å². The van der Waals surface area contributed by atoms with E-state index in [0.717, 1.165) is 64.2 Å². The van der Waals surface area contributed by atoms with Crippen LogP contribution >= 0.6 is 0 Å². The van der Waals surface area contributed by atoms with Gasteiger partial charge in [0.1, 0.15) is 24.4 Å². The van der Waals surface area contributed by atoms with Crippen LogP contribution in [-0.2, 0) is 23.8 Å². The molecule has 11 heteroatoms. The monoisotopic (exact) mass is 1210 g/mol. The Balaban J connectivity index is 1.99. The second-order valence-electron chi connectivity index (χ2n) is 25.6. The lowest BCUT2D eigenvalue weighted by Crippen LogP contribution is -2.60. The Kier molecular flexibility index (Phi) is 60.9. The van der Waals surface area contributed by atoms with Crippen LogP contribution in [0.1, 0.15) is 354 Å². The minimum Gasteiger partial charge on any atom is -0.466 e. The lowest BCUT2D eigenvalue weighted by atomic mass is 9.99. The first-order valence-electron chi connectivity index (χ1n) is 36.9. The number of nitrogens with one attached hydrogen (secondary N) is 1. The quantitative estimate of drug-likeness (QED) is 0.0195. The Morgan fingerprint density at radius 3 is 1.21 bits per heavy atom. The number of hydrogen-bond acceptors (Lipinski definition) is 10. The number of carbonyl (C=O) groups excluding carboxylic acids is 2. The van der Waals surface area contributed by atoms with Crippen LogP contribution in [0.15, 0.2) is 48.6 Å². The molecule has 0 aromatic rings. The van der Waals surface area contributed by atoms with Gasteiger partial charge in [0.15, 0.2) is 6.29 Å². The molecule has 7 unspecified atom stereocenters. The number of unbranched alkanes of at least 4 members (excludes halogenated alkanes) is 45. The summed E-state index contributed by atoms with van der Waals surface area (Å²) in [4.78, 5) is 25.1. The molecule has 0 aliphatic carbocycles.